The van der Waals surface area contributed by atoms with E-state index in [4.69, 9.17) is 4.98 Å². The average molecular weight is 389 g/mol. The number of pyridine rings is 1. The lowest BCUT2D eigenvalue weighted by Crippen LogP contribution is -2.11. The Morgan fingerprint density at radius 3 is 2.34 bits per heavy atom. The van der Waals surface area contributed by atoms with Crippen molar-refractivity contribution in [3.8, 4) is 11.1 Å². The van der Waals surface area contributed by atoms with Crippen LogP contribution >= 0.6 is 0 Å². The third kappa shape index (κ3) is 4.19. The number of halogens is 1. The number of rotatable bonds is 6. The largest absolute Gasteiger partial charge is 0.366 e. The summed E-state index contributed by atoms with van der Waals surface area (Å²) < 4.78 is 13.6. The van der Waals surface area contributed by atoms with Gasteiger partial charge in [0.05, 0.1) is 0 Å². The van der Waals surface area contributed by atoms with E-state index in [9.17, 15) is 4.39 Å². The Hall–Kier alpha value is -2.68. The van der Waals surface area contributed by atoms with Crippen LogP contribution in [0.4, 0.5) is 10.2 Å². The van der Waals surface area contributed by atoms with Crippen LogP contribution in [-0.2, 0) is 13.0 Å². The topological polar surface area (TPSA) is 24.9 Å². The summed E-state index contributed by atoms with van der Waals surface area (Å²) in [6.45, 7) is 5.11. The SMILES string of the molecule is CCc1c(NCc2ccccc2)nc(C2CCCC2)c(C)c1-c1ccc(F)cc1. The van der Waals surface area contributed by atoms with Crippen molar-refractivity contribution < 1.29 is 4.39 Å². The van der Waals surface area contributed by atoms with Crippen LogP contribution in [0.3, 0.4) is 0 Å². The Morgan fingerprint density at radius 2 is 1.69 bits per heavy atom. The Labute approximate surface area is 173 Å². The van der Waals surface area contributed by atoms with Gasteiger partial charge in [-0.2, -0.15) is 0 Å². The maximum absolute atomic E-state index is 13.6. The minimum absolute atomic E-state index is 0.197. The van der Waals surface area contributed by atoms with Gasteiger partial charge in [0, 0.05) is 23.7 Å². The van der Waals surface area contributed by atoms with E-state index in [1.807, 2.05) is 18.2 Å². The molecule has 0 saturated heterocycles. The summed E-state index contributed by atoms with van der Waals surface area (Å²) in [5.74, 6) is 1.30. The molecule has 3 heteroatoms. The van der Waals surface area contributed by atoms with Crippen LogP contribution in [0, 0.1) is 12.7 Å². The van der Waals surface area contributed by atoms with Crippen molar-refractivity contribution in [1.82, 2.24) is 4.98 Å². The molecule has 1 aliphatic carbocycles. The van der Waals surface area contributed by atoms with E-state index in [0.717, 1.165) is 24.3 Å². The molecule has 1 aliphatic rings. The van der Waals surface area contributed by atoms with Crippen LogP contribution in [0.25, 0.3) is 11.1 Å². The number of hydrogen-bond acceptors (Lipinski definition) is 2. The lowest BCUT2D eigenvalue weighted by atomic mass is 9.89. The predicted octanol–water partition coefficient (Wildman–Crippen LogP) is 7.03. The number of nitrogens with one attached hydrogen (secondary N) is 1. The number of benzene rings is 2. The zero-order valence-corrected chi connectivity index (χ0v) is 17.3. The molecule has 1 fully saturated rings. The highest BCUT2D eigenvalue weighted by Crippen LogP contribution is 2.41. The first kappa shape index (κ1) is 19.6. The quantitative estimate of drug-likeness (QED) is 0.490. The van der Waals surface area contributed by atoms with Gasteiger partial charge in [-0.1, -0.05) is 62.2 Å². The van der Waals surface area contributed by atoms with Crippen molar-refractivity contribution >= 4 is 5.82 Å². The molecule has 3 aromatic rings. The molecule has 4 rings (SSSR count). The van der Waals surface area contributed by atoms with Gasteiger partial charge >= 0.3 is 0 Å². The summed E-state index contributed by atoms with van der Waals surface area (Å²) in [6, 6.07) is 17.3. The van der Waals surface area contributed by atoms with Crippen molar-refractivity contribution in [2.24, 2.45) is 0 Å². The minimum atomic E-state index is -0.197. The first-order valence-electron chi connectivity index (χ1n) is 10.7. The van der Waals surface area contributed by atoms with E-state index in [2.05, 4.69) is 43.4 Å². The second-order valence-electron chi connectivity index (χ2n) is 8.01. The summed E-state index contributed by atoms with van der Waals surface area (Å²) >= 11 is 0. The van der Waals surface area contributed by atoms with Gasteiger partial charge in [0.2, 0.25) is 0 Å². The van der Waals surface area contributed by atoms with Crippen LogP contribution in [0.2, 0.25) is 0 Å². The fraction of sp³-hybridized carbons (Fsp3) is 0.346. The van der Waals surface area contributed by atoms with Crippen LogP contribution in [0.5, 0.6) is 0 Å². The van der Waals surface area contributed by atoms with E-state index in [1.54, 1.807) is 12.1 Å². The molecular weight excluding hydrogens is 359 g/mol. The van der Waals surface area contributed by atoms with Crippen LogP contribution in [0.1, 0.15) is 60.9 Å². The Balaban J connectivity index is 1.81. The molecule has 150 valence electrons. The molecule has 0 unspecified atom stereocenters. The van der Waals surface area contributed by atoms with Gasteiger partial charge in [-0.25, -0.2) is 9.37 Å². The summed E-state index contributed by atoms with van der Waals surface area (Å²) in [4.78, 5) is 5.16. The van der Waals surface area contributed by atoms with Crippen LogP contribution in [-0.4, -0.2) is 4.98 Å². The molecule has 0 aliphatic heterocycles. The third-order valence-electron chi connectivity index (χ3n) is 6.11. The second-order valence-corrected chi connectivity index (χ2v) is 8.01. The van der Waals surface area contributed by atoms with Gasteiger partial charge in [-0.05, 0) is 60.6 Å². The van der Waals surface area contributed by atoms with Gasteiger partial charge < -0.3 is 5.32 Å². The monoisotopic (exact) mass is 388 g/mol. The van der Waals surface area contributed by atoms with Crippen molar-refractivity contribution in [3.63, 3.8) is 0 Å². The summed E-state index contributed by atoms with van der Waals surface area (Å²) in [6.07, 6.45) is 5.85. The number of hydrogen-bond donors (Lipinski definition) is 1. The molecule has 0 amide bonds. The highest BCUT2D eigenvalue weighted by atomic mass is 19.1. The van der Waals surface area contributed by atoms with Crippen molar-refractivity contribution in [2.75, 3.05) is 5.32 Å². The van der Waals surface area contributed by atoms with Crippen molar-refractivity contribution in [2.45, 2.75) is 58.4 Å². The lowest BCUT2D eigenvalue weighted by Gasteiger charge is -2.23. The van der Waals surface area contributed by atoms with Gasteiger partial charge in [-0.3, -0.25) is 0 Å². The highest BCUT2D eigenvalue weighted by molar-refractivity contribution is 5.76. The molecule has 0 spiro atoms. The Bertz CT molecular complexity index is 958. The van der Waals surface area contributed by atoms with Crippen LogP contribution < -0.4 is 5.32 Å². The second kappa shape index (κ2) is 8.77. The maximum Gasteiger partial charge on any atom is 0.130 e. The predicted molar refractivity (Wildman–Crippen MR) is 119 cm³/mol. The van der Waals surface area contributed by atoms with E-state index in [1.165, 1.54) is 53.6 Å². The standard InChI is InChI=1S/C26H29FN2/c1-3-23-24(20-13-15-22(27)16-14-20)18(2)25(21-11-7-8-12-21)29-26(23)28-17-19-9-5-4-6-10-19/h4-6,9-10,13-16,21H,3,7-8,11-12,17H2,1-2H3,(H,28,29). The number of anilines is 1. The van der Waals surface area contributed by atoms with Crippen molar-refractivity contribution in [1.29, 1.82) is 0 Å². The number of aromatic nitrogens is 1. The molecule has 1 saturated carbocycles. The molecule has 2 aromatic carbocycles. The molecule has 1 heterocycles. The Morgan fingerprint density at radius 1 is 1.00 bits per heavy atom. The van der Waals surface area contributed by atoms with E-state index in [0.29, 0.717) is 5.92 Å². The Kier molecular flexibility index (Phi) is 5.94. The first-order valence-corrected chi connectivity index (χ1v) is 10.7. The lowest BCUT2D eigenvalue weighted by molar-refractivity contribution is 0.628. The summed E-state index contributed by atoms with van der Waals surface area (Å²) in [7, 11) is 0. The molecule has 0 radical (unpaired) electrons. The molecule has 29 heavy (non-hydrogen) atoms. The normalized spacial score (nSPS) is 14.3. The fourth-order valence-electron chi connectivity index (χ4n) is 4.62. The zero-order valence-electron chi connectivity index (χ0n) is 17.3. The molecule has 0 atom stereocenters. The minimum Gasteiger partial charge on any atom is -0.366 e. The zero-order chi connectivity index (χ0) is 20.2. The van der Waals surface area contributed by atoms with E-state index >= 15 is 0 Å². The first-order chi connectivity index (χ1) is 14.2. The molecule has 1 N–H and O–H groups in total. The molecule has 2 nitrogen and oxygen atoms in total. The maximum atomic E-state index is 13.6. The average Bonchev–Trinajstić information content (AvgIpc) is 3.28. The van der Waals surface area contributed by atoms with Crippen LogP contribution in [0.15, 0.2) is 54.6 Å². The van der Waals surface area contributed by atoms with E-state index in [-0.39, 0.29) is 5.82 Å². The van der Waals surface area contributed by atoms with Crippen molar-refractivity contribution in [3.05, 3.63) is 82.8 Å². The molecule has 0 bridgehead atoms. The molecular formula is C26H29FN2. The summed E-state index contributed by atoms with van der Waals surface area (Å²) in [5.41, 5.74) is 7.22. The molecule has 1 aromatic heterocycles. The third-order valence-corrected chi connectivity index (χ3v) is 6.11. The smallest absolute Gasteiger partial charge is 0.130 e. The summed E-state index contributed by atoms with van der Waals surface area (Å²) in [5, 5.41) is 3.61. The fourth-order valence-corrected chi connectivity index (χ4v) is 4.62. The van der Waals surface area contributed by atoms with Gasteiger partial charge in [-0.15, -0.1) is 0 Å². The highest BCUT2D eigenvalue weighted by Gasteiger charge is 2.25. The van der Waals surface area contributed by atoms with Gasteiger partial charge in [0.25, 0.3) is 0 Å². The number of nitrogens with zero attached hydrogens (tertiary/aromatic N) is 1. The van der Waals surface area contributed by atoms with Gasteiger partial charge in [0.1, 0.15) is 11.6 Å². The van der Waals surface area contributed by atoms with Gasteiger partial charge in [0.15, 0.2) is 0 Å². The van der Waals surface area contributed by atoms with E-state index < -0.39 is 0 Å².